The third-order valence-corrected chi connectivity index (χ3v) is 3.06. The number of benzene rings is 1. The van der Waals surface area contributed by atoms with Gasteiger partial charge in [-0.25, -0.2) is 0 Å². The SMILES string of the molecule is O=C(Nc1ccccc1C#CCCO)c1cncs1. The normalized spacial score (nSPS) is 9.53. The average molecular weight is 272 g/mol. The highest BCUT2D eigenvalue weighted by Gasteiger charge is 2.09. The summed E-state index contributed by atoms with van der Waals surface area (Å²) < 4.78 is 0. The third kappa shape index (κ3) is 3.65. The number of aliphatic hydroxyl groups excluding tert-OH is 1. The molecule has 0 unspecified atom stereocenters. The topological polar surface area (TPSA) is 62.2 Å². The monoisotopic (exact) mass is 272 g/mol. The quantitative estimate of drug-likeness (QED) is 0.841. The van der Waals surface area contributed by atoms with Crippen LogP contribution in [0.1, 0.15) is 21.7 Å². The van der Waals surface area contributed by atoms with Crippen LogP contribution in [0.2, 0.25) is 0 Å². The standard InChI is InChI=1S/C14H12N2O2S/c17-8-4-3-6-11-5-1-2-7-12(11)16-14(18)13-9-15-10-19-13/h1-2,5,7,9-10,17H,4,8H2,(H,16,18). The summed E-state index contributed by atoms with van der Waals surface area (Å²) in [6.07, 6.45) is 1.94. The summed E-state index contributed by atoms with van der Waals surface area (Å²) in [6, 6.07) is 7.30. The molecule has 19 heavy (non-hydrogen) atoms. The van der Waals surface area contributed by atoms with Crippen molar-refractivity contribution < 1.29 is 9.90 Å². The number of carbonyl (C=O) groups excluding carboxylic acids is 1. The molecule has 1 amide bonds. The number of thiazole rings is 1. The Hall–Kier alpha value is -2.16. The first-order valence-corrected chi connectivity index (χ1v) is 6.58. The highest BCUT2D eigenvalue weighted by Crippen LogP contribution is 2.16. The van der Waals surface area contributed by atoms with Crippen molar-refractivity contribution >= 4 is 22.9 Å². The maximum absolute atomic E-state index is 11.9. The molecule has 1 heterocycles. The van der Waals surface area contributed by atoms with E-state index in [1.54, 1.807) is 11.6 Å². The molecule has 0 aliphatic carbocycles. The van der Waals surface area contributed by atoms with Crippen LogP contribution in [-0.2, 0) is 0 Å². The number of hydrogen-bond acceptors (Lipinski definition) is 4. The smallest absolute Gasteiger partial charge is 0.267 e. The first-order chi connectivity index (χ1) is 9.31. The molecule has 1 aromatic carbocycles. The van der Waals surface area contributed by atoms with Crippen molar-refractivity contribution in [1.82, 2.24) is 4.98 Å². The summed E-state index contributed by atoms with van der Waals surface area (Å²) >= 11 is 1.29. The molecule has 5 heteroatoms. The predicted molar refractivity (Wildman–Crippen MR) is 75.1 cm³/mol. The van der Waals surface area contributed by atoms with Crippen molar-refractivity contribution in [2.24, 2.45) is 0 Å². The Morgan fingerprint density at radius 2 is 2.26 bits per heavy atom. The van der Waals surface area contributed by atoms with Gasteiger partial charge in [0.2, 0.25) is 0 Å². The number of aromatic nitrogens is 1. The van der Waals surface area contributed by atoms with E-state index in [2.05, 4.69) is 22.1 Å². The highest BCUT2D eigenvalue weighted by atomic mass is 32.1. The molecular weight excluding hydrogens is 260 g/mol. The van der Waals surface area contributed by atoms with Crippen LogP contribution in [-0.4, -0.2) is 22.6 Å². The van der Waals surface area contributed by atoms with Crippen molar-refractivity contribution in [1.29, 1.82) is 0 Å². The van der Waals surface area contributed by atoms with E-state index in [4.69, 9.17) is 5.11 Å². The van der Waals surface area contributed by atoms with E-state index in [1.165, 1.54) is 17.5 Å². The zero-order chi connectivity index (χ0) is 13.5. The molecule has 0 bridgehead atoms. The van der Waals surface area contributed by atoms with Gasteiger partial charge < -0.3 is 10.4 Å². The van der Waals surface area contributed by atoms with Crippen LogP contribution in [0, 0.1) is 11.8 Å². The number of hydrogen-bond donors (Lipinski definition) is 2. The van der Waals surface area contributed by atoms with Crippen molar-refractivity contribution in [3.8, 4) is 11.8 Å². The molecule has 0 radical (unpaired) electrons. The van der Waals surface area contributed by atoms with Gasteiger partial charge >= 0.3 is 0 Å². The van der Waals surface area contributed by atoms with E-state index >= 15 is 0 Å². The van der Waals surface area contributed by atoms with Gasteiger partial charge in [-0.1, -0.05) is 24.0 Å². The van der Waals surface area contributed by atoms with Crippen LogP contribution < -0.4 is 5.32 Å². The number of anilines is 1. The van der Waals surface area contributed by atoms with Crippen molar-refractivity contribution in [2.45, 2.75) is 6.42 Å². The lowest BCUT2D eigenvalue weighted by Gasteiger charge is -2.05. The van der Waals surface area contributed by atoms with Gasteiger partial charge in [0.05, 0.1) is 24.0 Å². The number of nitrogens with one attached hydrogen (secondary N) is 1. The van der Waals surface area contributed by atoms with Crippen LogP contribution in [0.5, 0.6) is 0 Å². The number of rotatable bonds is 3. The molecule has 2 rings (SSSR count). The van der Waals surface area contributed by atoms with E-state index in [0.29, 0.717) is 17.0 Å². The molecule has 0 spiro atoms. The summed E-state index contributed by atoms with van der Waals surface area (Å²) in [5.74, 6) is 5.57. The fourth-order valence-corrected chi connectivity index (χ4v) is 1.94. The van der Waals surface area contributed by atoms with E-state index < -0.39 is 0 Å². The number of nitrogens with zero attached hydrogens (tertiary/aromatic N) is 1. The predicted octanol–water partition coefficient (Wildman–Crippen LogP) is 2.13. The lowest BCUT2D eigenvalue weighted by Crippen LogP contribution is -2.11. The zero-order valence-corrected chi connectivity index (χ0v) is 10.9. The molecule has 0 aliphatic rings. The highest BCUT2D eigenvalue weighted by molar-refractivity contribution is 7.11. The first kappa shape index (κ1) is 13.3. The molecule has 1 aromatic heterocycles. The van der Waals surface area contributed by atoms with Crippen LogP contribution in [0.15, 0.2) is 36.0 Å². The molecule has 2 aromatic rings. The number of aliphatic hydroxyl groups is 1. The minimum atomic E-state index is -0.195. The van der Waals surface area contributed by atoms with E-state index in [-0.39, 0.29) is 12.5 Å². The van der Waals surface area contributed by atoms with Gasteiger partial charge in [-0.3, -0.25) is 9.78 Å². The molecular formula is C14H12N2O2S. The molecule has 4 nitrogen and oxygen atoms in total. The van der Waals surface area contributed by atoms with Gasteiger partial charge in [-0.15, -0.1) is 11.3 Å². The van der Waals surface area contributed by atoms with Crippen molar-refractivity contribution in [2.75, 3.05) is 11.9 Å². The lowest BCUT2D eigenvalue weighted by atomic mass is 10.1. The molecule has 0 atom stereocenters. The summed E-state index contributed by atoms with van der Waals surface area (Å²) in [5.41, 5.74) is 3.00. The summed E-state index contributed by atoms with van der Waals surface area (Å²) in [6.45, 7) is 0.0301. The largest absolute Gasteiger partial charge is 0.395 e. The minimum absolute atomic E-state index is 0.0301. The van der Waals surface area contributed by atoms with E-state index in [0.717, 1.165) is 5.56 Å². The van der Waals surface area contributed by atoms with Gasteiger partial charge in [0.25, 0.3) is 5.91 Å². The van der Waals surface area contributed by atoms with E-state index in [9.17, 15) is 4.79 Å². The molecule has 0 fully saturated rings. The van der Waals surface area contributed by atoms with E-state index in [1.807, 2.05) is 18.2 Å². The van der Waals surface area contributed by atoms with Crippen LogP contribution in [0.4, 0.5) is 5.69 Å². The summed E-state index contributed by atoms with van der Waals surface area (Å²) in [5, 5.41) is 11.5. The second kappa shape index (κ2) is 6.69. The fourth-order valence-electron chi connectivity index (χ4n) is 1.43. The van der Waals surface area contributed by atoms with Gasteiger partial charge in [-0.2, -0.15) is 0 Å². The van der Waals surface area contributed by atoms with Gasteiger partial charge in [0, 0.05) is 12.0 Å². The zero-order valence-electron chi connectivity index (χ0n) is 10.1. The maximum atomic E-state index is 11.9. The number of amides is 1. The average Bonchev–Trinajstić information content (AvgIpc) is 2.95. The Balaban J connectivity index is 2.17. The Bertz CT molecular complexity index is 612. The molecule has 96 valence electrons. The van der Waals surface area contributed by atoms with Crippen molar-refractivity contribution in [3.05, 3.63) is 46.4 Å². The Kier molecular flexibility index (Phi) is 4.67. The maximum Gasteiger partial charge on any atom is 0.267 e. The Morgan fingerprint density at radius 1 is 1.42 bits per heavy atom. The van der Waals surface area contributed by atoms with Crippen LogP contribution in [0.3, 0.4) is 0 Å². The number of carbonyl (C=O) groups is 1. The molecule has 0 saturated heterocycles. The second-order valence-electron chi connectivity index (χ2n) is 3.64. The molecule has 0 saturated carbocycles. The number of para-hydroxylation sites is 1. The van der Waals surface area contributed by atoms with Crippen LogP contribution >= 0.6 is 11.3 Å². The lowest BCUT2D eigenvalue weighted by molar-refractivity contribution is 0.103. The summed E-state index contributed by atoms with van der Waals surface area (Å²) in [4.78, 5) is 16.4. The van der Waals surface area contributed by atoms with Gasteiger partial charge in [-0.05, 0) is 12.1 Å². The van der Waals surface area contributed by atoms with Crippen molar-refractivity contribution in [3.63, 3.8) is 0 Å². The fraction of sp³-hybridized carbons (Fsp3) is 0.143. The molecule has 2 N–H and O–H groups in total. The first-order valence-electron chi connectivity index (χ1n) is 5.70. The summed E-state index contributed by atoms with van der Waals surface area (Å²) in [7, 11) is 0. The van der Waals surface area contributed by atoms with Gasteiger partial charge in [0.1, 0.15) is 4.88 Å². The van der Waals surface area contributed by atoms with Crippen LogP contribution in [0.25, 0.3) is 0 Å². The van der Waals surface area contributed by atoms with Gasteiger partial charge in [0.15, 0.2) is 0 Å². The Morgan fingerprint density at radius 3 is 3.00 bits per heavy atom. The minimum Gasteiger partial charge on any atom is -0.395 e. The third-order valence-electron chi connectivity index (χ3n) is 2.29. The Labute approximate surface area is 115 Å². The second-order valence-corrected chi connectivity index (χ2v) is 4.53. The molecule has 0 aliphatic heterocycles.